The smallest absolute Gasteiger partial charge is 0.194 e. The summed E-state index contributed by atoms with van der Waals surface area (Å²) in [6.45, 7) is 0.464. The average Bonchev–Trinajstić information content (AvgIpc) is 2.23. The van der Waals surface area contributed by atoms with E-state index in [9.17, 15) is 13.2 Å². The summed E-state index contributed by atoms with van der Waals surface area (Å²) in [5.74, 6) is -3.60. The molecule has 1 aliphatic carbocycles. The van der Waals surface area contributed by atoms with Crippen molar-refractivity contribution in [3.05, 3.63) is 35.1 Å². The molecule has 0 spiro atoms. The molecule has 4 heteroatoms. The molecule has 2 rings (SSSR count). The van der Waals surface area contributed by atoms with Crippen molar-refractivity contribution in [3.8, 4) is 0 Å². The van der Waals surface area contributed by atoms with Gasteiger partial charge < -0.3 is 5.73 Å². The molecule has 1 saturated carbocycles. The first-order valence-corrected chi connectivity index (χ1v) is 5.40. The first kappa shape index (κ1) is 11.5. The van der Waals surface area contributed by atoms with E-state index in [1.54, 1.807) is 0 Å². The number of halogens is 3. The van der Waals surface area contributed by atoms with Crippen LogP contribution in [0.3, 0.4) is 0 Å². The Hall–Kier alpha value is -1.03. The Morgan fingerprint density at radius 1 is 1.12 bits per heavy atom. The zero-order chi connectivity index (χ0) is 11.8. The molecule has 1 fully saturated rings. The van der Waals surface area contributed by atoms with Crippen LogP contribution in [0.25, 0.3) is 0 Å². The lowest BCUT2D eigenvalue weighted by Crippen LogP contribution is -2.39. The second kappa shape index (κ2) is 4.09. The van der Waals surface area contributed by atoms with E-state index in [4.69, 9.17) is 5.73 Å². The van der Waals surface area contributed by atoms with Crippen LogP contribution < -0.4 is 5.73 Å². The largest absolute Gasteiger partial charge is 0.330 e. The highest BCUT2D eigenvalue weighted by molar-refractivity contribution is 5.22. The third-order valence-corrected chi connectivity index (χ3v) is 3.53. The molecule has 1 aliphatic rings. The molecule has 0 aliphatic heterocycles. The van der Waals surface area contributed by atoms with E-state index in [-0.39, 0.29) is 11.0 Å². The molecule has 0 radical (unpaired) electrons. The molecule has 0 bridgehead atoms. The van der Waals surface area contributed by atoms with Gasteiger partial charge in [0.2, 0.25) is 0 Å². The van der Waals surface area contributed by atoms with Crippen LogP contribution in [-0.2, 0) is 6.42 Å². The van der Waals surface area contributed by atoms with Crippen molar-refractivity contribution in [2.75, 3.05) is 6.54 Å². The van der Waals surface area contributed by atoms with Crippen molar-refractivity contribution in [1.29, 1.82) is 0 Å². The highest BCUT2D eigenvalue weighted by Crippen LogP contribution is 2.43. The Kier molecular flexibility index (Phi) is 2.93. The summed E-state index contributed by atoms with van der Waals surface area (Å²) in [7, 11) is 0. The summed E-state index contributed by atoms with van der Waals surface area (Å²) in [6, 6.07) is 2.28. The summed E-state index contributed by atoms with van der Waals surface area (Å²) in [5, 5.41) is 0. The van der Waals surface area contributed by atoms with Gasteiger partial charge in [-0.15, -0.1) is 0 Å². The third-order valence-electron chi connectivity index (χ3n) is 3.53. The minimum absolute atomic E-state index is 0.106. The second-order valence-corrected chi connectivity index (χ2v) is 4.57. The Labute approximate surface area is 92.5 Å². The Morgan fingerprint density at radius 3 is 2.31 bits per heavy atom. The Morgan fingerprint density at radius 2 is 1.81 bits per heavy atom. The van der Waals surface area contributed by atoms with Crippen LogP contribution in [0.2, 0.25) is 0 Å². The summed E-state index contributed by atoms with van der Waals surface area (Å²) < 4.78 is 39.2. The van der Waals surface area contributed by atoms with Crippen LogP contribution in [0.5, 0.6) is 0 Å². The lowest BCUT2D eigenvalue weighted by atomic mass is 9.65. The van der Waals surface area contributed by atoms with Gasteiger partial charge >= 0.3 is 0 Å². The molecular weight excluding hydrogens is 215 g/mol. The Balaban J connectivity index is 2.25. The molecule has 0 atom stereocenters. The fourth-order valence-electron chi connectivity index (χ4n) is 2.24. The van der Waals surface area contributed by atoms with Gasteiger partial charge in [0, 0.05) is 0 Å². The highest BCUT2D eigenvalue weighted by atomic mass is 19.2. The standard InChI is InChI=1S/C12H14F3N/c13-9-3-2-8(10(14)11(9)15)6-12(7-16)4-1-5-12/h2-3H,1,4-7,16H2. The third kappa shape index (κ3) is 1.82. The predicted molar refractivity (Wildman–Crippen MR) is 55.4 cm³/mol. The topological polar surface area (TPSA) is 26.0 Å². The van der Waals surface area contributed by atoms with Gasteiger partial charge in [-0.05, 0) is 42.9 Å². The van der Waals surface area contributed by atoms with Gasteiger partial charge in [0.1, 0.15) is 0 Å². The molecule has 88 valence electrons. The molecule has 0 saturated heterocycles. The monoisotopic (exact) mass is 229 g/mol. The van der Waals surface area contributed by atoms with E-state index in [2.05, 4.69) is 0 Å². The minimum Gasteiger partial charge on any atom is -0.330 e. The number of hydrogen-bond acceptors (Lipinski definition) is 1. The van der Waals surface area contributed by atoms with E-state index in [1.165, 1.54) is 6.07 Å². The lowest BCUT2D eigenvalue weighted by Gasteiger charge is -2.41. The van der Waals surface area contributed by atoms with Gasteiger partial charge in [-0.2, -0.15) is 0 Å². The predicted octanol–water partition coefficient (Wildman–Crippen LogP) is 2.78. The Bertz CT molecular complexity index is 394. The van der Waals surface area contributed by atoms with Crippen molar-refractivity contribution in [2.24, 2.45) is 11.1 Å². The van der Waals surface area contributed by atoms with Gasteiger partial charge in [-0.3, -0.25) is 0 Å². The van der Waals surface area contributed by atoms with Crippen LogP contribution >= 0.6 is 0 Å². The fourth-order valence-corrected chi connectivity index (χ4v) is 2.24. The first-order chi connectivity index (χ1) is 7.58. The number of rotatable bonds is 3. The minimum atomic E-state index is -1.39. The van der Waals surface area contributed by atoms with Gasteiger partial charge in [0.15, 0.2) is 17.5 Å². The van der Waals surface area contributed by atoms with E-state index in [0.717, 1.165) is 25.3 Å². The van der Waals surface area contributed by atoms with Crippen LogP contribution in [0.4, 0.5) is 13.2 Å². The number of benzene rings is 1. The molecular formula is C12H14F3N. The van der Waals surface area contributed by atoms with Crippen LogP contribution in [0, 0.1) is 22.9 Å². The maximum atomic E-state index is 13.4. The molecule has 0 unspecified atom stereocenters. The van der Waals surface area contributed by atoms with Gasteiger partial charge in [0.25, 0.3) is 0 Å². The van der Waals surface area contributed by atoms with E-state index in [0.29, 0.717) is 13.0 Å². The molecule has 0 amide bonds. The second-order valence-electron chi connectivity index (χ2n) is 4.57. The lowest BCUT2D eigenvalue weighted by molar-refractivity contribution is 0.143. The molecule has 1 aromatic carbocycles. The van der Waals surface area contributed by atoms with Gasteiger partial charge in [-0.25, -0.2) is 13.2 Å². The van der Waals surface area contributed by atoms with Crippen LogP contribution in [-0.4, -0.2) is 6.54 Å². The first-order valence-electron chi connectivity index (χ1n) is 5.40. The number of hydrogen-bond donors (Lipinski definition) is 1. The van der Waals surface area contributed by atoms with E-state index < -0.39 is 17.5 Å². The highest BCUT2D eigenvalue weighted by Gasteiger charge is 2.36. The molecule has 1 nitrogen and oxygen atoms in total. The van der Waals surface area contributed by atoms with Crippen molar-refractivity contribution in [1.82, 2.24) is 0 Å². The zero-order valence-electron chi connectivity index (χ0n) is 8.90. The molecule has 0 aromatic heterocycles. The molecule has 1 aromatic rings. The quantitative estimate of drug-likeness (QED) is 0.792. The average molecular weight is 229 g/mol. The molecule has 16 heavy (non-hydrogen) atoms. The summed E-state index contributed by atoms with van der Waals surface area (Å²) in [4.78, 5) is 0. The van der Waals surface area contributed by atoms with E-state index in [1.807, 2.05) is 0 Å². The summed E-state index contributed by atoms with van der Waals surface area (Å²) in [5.41, 5.74) is 5.76. The van der Waals surface area contributed by atoms with Crippen LogP contribution in [0.15, 0.2) is 12.1 Å². The fraction of sp³-hybridized carbons (Fsp3) is 0.500. The van der Waals surface area contributed by atoms with E-state index >= 15 is 0 Å². The normalized spacial score (nSPS) is 18.2. The molecule has 2 N–H and O–H groups in total. The molecule has 0 heterocycles. The maximum Gasteiger partial charge on any atom is 0.194 e. The van der Waals surface area contributed by atoms with Crippen molar-refractivity contribution >= 4 is 0 Å². The van der Waals surface area contributed by atoms with Gasteiger partial charge in [0.05, 0.1) is 0 Å². The van der Waals surface area contributed by atoms with Crippen molar-refractivity contribution < 1.29 is 13.2 Å². The maximum absolute atomic E-state index is 13.4. The zero-order valence-corrected chi connectivity index (χ0v) is 8.90. The SMILES string of the molecule is NCC1(Cc2ccc(F)c(F)c2F)CCC1. The van der Waals surface area contributed by atoms with Gasteiger partial charge in [-0.1, -0.05) is 12.5 Å². The van der Waals surface area contributed by atoms with Crippen molar-refractivity contribution in [2.45, 2.75) is 25.7 Å². The summed E-state index contributed by atoms with van der Waals surface area (Å²) >= 11 is 0. The van der Waals surface area contributed by atoms with Crippen LogP contribution in [0.1, 0.15) is 24.8 Å². The number of nitrogens with two attached hydrogens (primary N) is 1. The van der Waals surface area contributed by atoms with Crippen molar-refractivity contribution in [3.63, 3.8) is 0 Å². The summed E-state index contributed by atoms with van der Waals surface area (Å²) in [6.07, 6.45) is 3.33.